The molecule has 3 aromatic rings. The number of nitrogens with one attached hydrogen (secondary N) is 1. The highest BCUT2D eigenvalue weighted by molar-refractivity contribution is 7.14. The van der Waals surface area contributed by atoms with Crippen molar-refractivity contribution in [2.24, 2.45) is 0 Å². The van der Waals surface area contributed by atoms with Gasteiger partial charge in [0.2, 0.25) is 5.91 Å². The van der Waals surface area contributed by atoms with E-state index >= 15 is 0 Å². The maximum Gasteiger partial charge on any atom is 0.229 e. The predicted molar refractivity (Wildman–Crippen MR) is 86.8 cm³/mol. The van der Waals surface area contributed by atoms with Gasteiger partial charge in [-0.1, -0.05) is 0 Å². The van der Waals surface area contributed by atoms with Crippen molar-refractivity contribution in [2.45, 2.75) is 6.42 Å². The van der Waals surface area contributed by atoms with E-state index in [0.29, 0.717) is 6.42 Å². The minimum Gasteiger partial charge on any atom is -0.497 e. The van der Waals surface area contributed by atoms with Crippen molar-refractivity contribution < 1.29 is 9.53 Å². The second-order valence-corrected chi connectivity index (χ2v) is 5.75. The van der Waals surface area contributed by atoms with Gasteiger partial charge in [-0.05, 0) is 36.4 Å². The number of carbonyl (C=O) groups is 1. The first-order chi connectivity index (χ1) is 10.7. The Hall–Kier alpha value is -2.60. The number of amides is 1. The molecule has 0 radical (unpaired) electrons. The van der Waals surface area contributed by atoms with Crippen molar-refractivity contribution in [3.8, 4) is 10.9 Å². The molecule has 5 nitrogen and oxygen atoms in total. The summed E-state index contributed by atoms with van der Waals surface area (Å²) in [7, 11) is 1.61. The molecule has 2 heterocycles. The van der Waals surface area contributed by atoms with Gasteiger partial charge in [-0.15, -0.1) is 11.3 Å². The van der Waals surface area contributed by atoms with Crippen LogP contribution >= 0.6 is 11.3 Å². The van der Waals surface area contributed by atoms with Crippen LogP contribution in [0.15, 0.2) is 55.0 Å². The van der Waals surface area contributed by atoms with Gasteiger partial charge in [0.15, 0.2) is 5.13 Å². The van der Waals surface area contributed by atoms with Crippen LogP contribution in [0, 0.1) is 0 Å². The average Bonchev–Trinajstić information content (AvgIpc) is 3.19. The van der Waals surface area contributed by atoms with Gasteiger partial charge in [0.05, 0.1) is 13.5 Å². The van der Waals surface area contributed by atoms with Crippen LogP contribution in [0.1, 0.15) is 4.88 Å². The molecule has 22 heavy (non-hydrogen) atoms. The van der Waals surface area contributed by atoms with Gasteiger partial charge in [-0.25, -0.2) is 4.98 Å². The van der Waals surface area contributed by atoms with Gasteiger partial charge in [0, 0.05) is 29.2 Å². The van der Waals surface area contributed by atoms with E-state index in [1.54, 1.807) is 13.3 Å². The lowest BCUT2D eigenvalue weighted by molar-refractivity contribution is -0.115. The van der Waals surface area contributed by atoms with Crippen molar-refractivity contribution in [3.05, 3.63) is 59.9 Å². The highest BCUT2D eigenvalue weighted by Gasteiger charge is 2.09. The Kier molecular flexibility index (Phi) is 4.20. The Labute approximate surface area is 132 Å². The van der Waals surface area contributed by atoms with Gasteiger partial charge in [0.1, 0.15) is 5.75 Å². The Bertz CT molecular complexity index is 748. The number of thiazole rings is 1. The van der Waals surface area contributed by atoms with Crippen LogP contribution in [0.5, 0.6) is 5.75 Å². The number of benzene rings is 1. The SMILES string of the molecule is COc1ccc(NC(=O)Cc2cnc(-n3cccc3)s2)cc1. The zero-order valence-electron chi connectivity index (χ0n) is 12.0. The zero-order valence-corrected chi connectivity index (χ0v) is 12.8. The number of hydrogen-bond acceptors (Lipinski definition) is 4. The summed E-state index contributed by atoms with van der Waals surface area (Å²) in [5.41, 5.74) is 0.751. The predicted octanol–water partition coefficient (Wildman–Crippen LogP) is 3.12. The van der Waals surface area contributed by atoms with Crippen LogP contribution < -0.4 is 10.1 Å². The van der Waals surface area contributed by atoms with E-state index in [-0.39, 0.29) is 5.91 Å². The summed E-state index contributed by atoms with van der Waals surface area (Å²) in [5, 5.41) is 3.72. The fourth-order valence-corrected chi connectivity index (χ4v) is 2.87. The van der Waals surface area contributed by atoms with Crippen LogP contribution in [0.3, 0.4) is 0 Å². The van der Waals surface area contributed by atoms with Gasteiger partial charge in [-0.3, -0.25) is 4.79 Å². The summed E-state index contributed by atoms with van der Waals surface area (Å²) in [4.78, 5) is 17.3. The third-order valence-electron chi connectivity index (χ3n) is 3.08. The molecule has 0 spiro atoms. The number of ether oxygens (including phenoxy) is 1. The number of rotatable bonds is 5. The topological polar surface area (TPSA) is 56.1 Å². The lowest BCUT2D eigenvalue weighted by Gasteiger charge is -2.05. The van der Waals surface area contributed by atoms with Gasteiger partial charge < -0.3 is 14.6 Å². The summed E-state index contributed by atoms with van der Waals surface area (Å²) < 4.78 is 7.01. The molecule has 1 N–H and O–H groups in total. The summed E-state index contributed by atoms with van der Waals surface area (Å²) in [6, 6.07) is 11.1. The zero-order chi connectivity index (χ0) is 15.4. The van der Waals surface area contributed by atoms with Crippen LogP contribution in [0.25, 0.3) is 5.13 Å². The standard InChI is InChI=1S/C16H15N3O2S/c1-21-13-6-4-12(5-7-13)18-15(20)10-14-11-17-16(22-14)19-8-2-3-9-19/h2-9,11H,10H2,1H3,(H,18,20). The molecule has 2 aromatic heterocycles. The normalized spacial score (nSPS) is 10.4. The number of carbonyl (C=O) groups excluding carboxylic acids is 1. The molecule has 0 unspecified atom stereocenters. The molecule has 0 saturated heterocycles. The fraction of sp³-hybridized carbons (Fsp3) is 0.125. The van der Waals surface area contributed by atoms with Crippen molar-refractivity contribution in [2.75, 3.05) is 12.4 Å². The third-order valence-corrected chi connectivity index (χ3v) is 4.09. The second-order valence-electron chi connectivity index (χ2n) is 4.65. The minimum atomic E-state index is -0.0622. The molecule has 0 saturated carbocycles. The van der Waals surface area contributed by atoms with Gasteiger partial charge in [-0.2, -0.15) is 0 Å². The second kappa shape index (κ2) is 6.44. The van der Waals surface area contributed by atoms with E-state index in [9.17, 15) is 4.79 Å². The van der Waals surface area contributed by atoms with Crippen molar-refractivity contribution in [1.82, 2.24) is 9.55 Å². The molecule has 3 rings (SSSR count). The van der Waals surface area contributed by atoms with Crippen molar-refractivity contribution >= 4 is 22.9 Å². The molecule has 0 atom stereocenters. The maximum absolute atomic E-state index is 12.1. The molecule has 0 bridgehead atoms. The molecule has 1 amide bonds. The maximum atomic E-state index is 12.1. The average molecular weight is 313 g/mol. The van der Waals surface area contributed by atoms with Gasteiger partial charge >= 0.3 is 0 Å². The van der Waals surface area contributed by atoms with E-state index in [0.717, 1.165) is 21.4 Å². The summed E-state index contributed by atoms with van der Waals surface area (Å²) in [5.74, 6) is 0.699. The number of anilines is 1. The first kappa shape index (κ1) is 14.3. The molecule has 112 valence electrons. The van der Waals surface area contributed by atoms with E-state index < -0.39 is 0 Å². The molecule has 0 aliphatic carbocycles. The number of aromatic nitrogens is 2. The first-order valence-electron chi connectivity index (χ1n) is 6.76. The Morgan fingerprint density at radius 3 is 2.68 bits per heavy atom. The Balaban J connectivity index is 1.61. The summed E-state index contributed by atoms with van der Waals surface area (Å²) in [6.07, 6.45) is 5.92. The Morgan fingerprint density at radius 2 is 2.00 bits per heavy atom. The highest BCUT2D eigenvalue weighted by atomic mass is 32.1. The first-order valence-corrected chi connectivity index (χ1v) is 7.58. The van der Waals surface area contributed by atoms with Crippen LogP contribution in [-0.4, -0.2) is 22.6 Å². The number of methoxy groups -OCH3 is 1. The van der Waals surface area contributed by atoms with Crippen molar-refractivity contribution in [1.29, 1.82) is 0 Å². The molecule has 0 fully saturated rings. The smallest absolute Gasteiger partial charge is 0.229 e. The molecule has 0 aliphatic rings. The summed E-state index contributed by atoms with van der Waals surface area (Å²) >= 11 is 1.51. The quantitative estimate of drug-likeness (QED) is 0.787. The van der Waals surface area contributed by atoms with E-state index in [2.05, 4.69) is 10.3 Å². The number of hydrogen-bond donors (Lipinski definition) is 1. The fourth-order valence-electron chi connectivity index (χ4n) is 2.00. The largest absolute Gasteiger partial charge is 0.497 e. The molecule has 6 heteroatoms. The molecule has 0 aliphatic heterocycles. The lowest BCUT2D eigenvalue weighted by Crippen LogP contribution is -2.13. The van der Waals surface area contributed by atoms with E-state index in [1.165, 1.54) is 11.3 Å². The number of nitrogens with zero attached hydrogens (tertiary/aromatic N) is 2. The molecular weight excluding hydrogens is 298 g/mol. The third kappa shape index (κ3) is 3.35. The van der Waals surface area contributed by atoms with E-state index in [4.69, 9.17) is 4.74 Å². The van der Waals surface area contributed by atoms with Crippen LogP contribution in [-0.2, 0) is 11.2 Å². The van der Waals surface area contributed by atoms with Crippen LogP contribution in [0.2, 0.25) is 0 Å². The highest BCUT2D eigenvalue weighted by Crippen LogP contribution is 2.19. The molecule has 1 aromatic carbocycles. The lowest BCUT2D eigenvalue weighted by atomic mass is 10.3. The Morgan fingerprint density at radius 1 is 1.27 bits per heavy atom. The molecular formula is C16H15N3O2S. The van der Waals surface area contributed by atoms with Crippen molar-refractivity contribution in [3.63, 3.8) is 0 Å². The monoisotopic (exact) mass is 313 g/mol. The van der Waals surface area contributed by atoms with Crippen LogP contribution in [0.4, 0.5) is 5.69 Å². The van der Waals surface area contributed by atoms with E-state index in [1.807, 2.05) is 53.4 Å². The minimum absolute atomic E-state index is 0.0622. The summed E-state index contributed by atoms with van der Waals surface area (Å²) in [6.45, 7) is 0. The van der Waals surface area contributed by atoms with Gasteiger partial charge in [0.25, 0.3) is 0 Å².